The summed E-state index contributed by atoms with van der Waals surface area (Å²) in [7, 11) is 0. The molecule has 1 fully saturated rings. The summed E-state index contributed by atoms with van der Waals surface area (Å²) in [5, 5.41) is 11.5. The zero-order chi connectivity index (χ0) is 13.0. The standard InChI is InChI=1S/C11H16N4O2S/c1-8-13-14-11(18-8)12-9(16)4-5-10(17)15-6-2-3-7-15/h2-7H2,1H3,(H,12,14,16). The van der Waals surface area contributed by atoms with E-state index < -0.39 is 0 Å². The normalized spacial score (nSPS) is 14.8. The molecule has 1 N–H and O–H groups in total. The zero-order valence-electron chi connectivity index (χ0n) is 10.3. The van der Waals surface area contributed by atoms with Crippen molar-refractivity contribution in [2.45, 2.75) is 32.6 Å². The van der Waals surface area contributed by atoms with Gasteiger partial charge in [0.05, 0.1) is 0 Å². The van der Waals surface area contributed by atoms with E-state index in [0.29, 0.717) is 5.13 Å². The van der Waals surface area contributed by atoms with Crippen LogP contribution in [-0.4, -0.2) is 40.0 Å². The molecule has 1 aliphatic heterocycles. The van der Waals surface area contributed by atoms with Gasteiger partial charge in [-0.25, -0.2) is 0 Å². The second-order valence-corrected chi connectivity index (χ2v) is 5.44. The molecule has 1 aliphatic rings. The van der Waals surface area contributed by atoms with Gasteiger partial charge in [-0.3, -0.25) is 9.59 Å². The molecule has 0 unspecified atom stereocenters. The molecule has 1 aromatic rings. The van der Waals surface area contributed by atoms with Crippen molar-refractivity contribution in [2.24, 2.45) is 0 Å². The van der Waals surface area contributed by atoms with E-state index in [1.165, 1.54) is 11.3 Å². The van der Waals surface area contributed by atoms with Gasteiger partial charge in [0, 0.05) is 25.9 Å². The summed E-state index contributed by atoms with van der Waals surface area (Å²) in [4.78, 5) is 25.1. The first-order valence-corrected chi connectivity index (χ1v) is 6.84. The molecule has 0 aliphatic carbocycles. The predicted octanol–water partition coefficient (Wildman–Crippen LogP) is 1.19. The first-order valence-electron chi connectivity index (χ1n) is 6.03. The Morgan fingerprint density at radius 1 is 1.28 bits per heavy atom. The van der Waals surface area contributed by atoms with Gasteiger partial charge in [0.1, 0.15) is 5.01 Å². The minimum absolute atomic E-state index is 0.0658. The number of amides is 2. The number of aryl methyl sites for hydroxylation is 1. The Morgan fingerprint density at radius 2 is 2.00 bits per heavy atom. The maximum Gasteiger partial charge on any atom is 0.226 e. The van der Waals surface area contributed by atoms with E-state index >= 15 is 0 Å². The van der Waals surface area contributed by atoms with Gasteiger partial charge in [0.25, 0.3) is 0 Å². The van der Waals surface area contributed by atoms with E-state index in [1.54, 1.807) is 0 Å². The van der Waals surface area contributed by atoms with Crippen LogP contribution in [0.4, 0.5) is 5.13 Å². The summed E-state index contributed by atoms with van der Waals surface area (Å²) in [5.41, 5.74) is 0. The maximum absolute atomic E-state index is 11.7. The van der Waals surface area contributed by atoms with Crippen molar-refractivity contribution >= 4 is 28.3 Å². The average Bonchev–Trinajstić information content (AvgIpc) is 2.97. The molecule has 2 rings (SSSR count). The highest BCUT2D eigenvalue weighted by molar-refractivity contribution is 7.15. The van der Waals surface area contributed by atoms with Crippen molar-refractivity contribution in [3.05, 3.63) is 5.01 Å². The summed E-state index contributed by atoms with van der Waals surface area (Å²) in [6.07, 6.45) is 2.61. The number of carbonyl (C=O) groups is 2. The summed E-state index contributed by atoms with van der Waals surface area (Å²) in [6, 6.07) is 0. The van der Waals surface area contributed by atoms with Gasteiger partial charge in [-0.1, -0.05) is 11.3 Å². The first-order chi connectivity index (χ1) is 8.65. The molecule has 98 valence electrons. The van der Waals surface area contributed by atoms with Gasteiger partial charge >= 0.3 is 0 Å². The number of anilines is 1. The molecule has 0 radical (unpaired) electrons. The minimum Gasteiger partial charge on any atom is -0.343 e. The highest BCUT2D eigenvalue weighted by Gasteiger charge is 2.18. The lowest BCUT2D eigenvalue weighted by molar-refractivity contribution is -0.131. The number of nitrogens with zero attached hydrogens (tertiary/aromatic N) is 3. The fourth-order valence-corrected chi connectivity index (χ4v) is 2.48. The Bertz CT molecular complexity index is 440. The lowest BCUT2D eigenvalue weighted by Gasteiger charge is -2.14. The molecule has 0 saturated carbocycles. The maximum atomic E-state index is 11.7. The van der Waals surface area contributed by atoms with E-state index in [9.17, 15) is 9.59 Å². The van der Waals surface area contributed by atoms with Crippen molar-refractivity contribution in [3.8, 4) is 0 Å². The summed E-state index contributed by atoms with van der Waals surface area (Å²) in [5.74, 6) is -0.116. The number of hydrogen-bond donors (Lipinski definition) is 1. The molecule has 0 atom stereocenters. The topological polar surface area (TPSA) is 75.2 Å². The molecule has 0 bridgehead atoms. The van der Waals surface area contributed by atoms with Gasteiger partial charge < -0.3 is 10.2 Å². The van der Waals surface area contributed by atoms with Crippen molar-refractivity contribution in [3.63, 3.8) is 0 Å². The van der Waals surface area contributed by atoms with Crippen LogP contribution in [0.15, 0.2) is 0 Å². The van der Waals surface area contributed by atoms with Crippen LogP contribution in [-0.2, 0) is 9.59 Å². The third-order valence-corrected chi connectivity index (χ3v) is 3.55. The number of rotatable bonds is 4. The summed E-state index contributed by atoms with van der Waals surface area (Å²) < 4.78 is 0. The quantitative estimate of drug-likeness (QED) is 0.890. The highest BCUT2D eigenvalue weighted by atomic mass is 32.1. The van der Waals surface area contributed by atoms with Crippen molar-refractivity contribution in [1.82, 2.24) is 15.1 Å². The minimum atomic E-state index is -0.182. The summed E-state index contributed by atoms with van der Waals surface area (Å²) >= 11 is 1.33. The SMILES string of the molecule is Cc1nnc(NC(=O)CCC(=O)N2CCCC2)s1. The number of likely N-dealkylation sites (tertiary alicyclic amines) is 1. The number of aromatic nitrogens is 2. The molecule has 1 aromatic heterocycles. The Hall–Kier alpha value is -1.50. The molecule has 6 nitrogen and oxygen atoms in total. The molecule has 7 heteroatoms. The third kappa shape index (κ3) is 3.49. The predicted molar refractivity (Wildman–Crippen MR) is 68.3 cm³/mol. The molecule has 18 heavy (non-hydrogen) atoms. The lowest BCUT2D eigenvalue weighted by atomic mass is 10.2. The van der Waals surface area contributed by atoms with E-state index in [0.717, 1.165) is 30.9 Å². The Morgan fingerprint density at radius 3 is 2.61 bits per heavy atom. The van der Waals surface area contributed by atoms with Crippen LogP contribution in [0.1, 0.15) is 30.7 Å². The monoisotopic (exact) mass is 268 g/mol. The first kappa shape index (κ1) is 12.9. The molecule has 2 heterocycles. The van der Waals surface area contributed by atoms with Gasteiger partial charge in [-0.05, 0) is 19.8 Å². The van der Waals surface area contributed by atoms with E-state index in [-0.39, 0.29) is 24.7 Å². The number of hydrogen-bond acceptors (Lipinski definition) is 5. The van der Waals surface area contributed by atoms with E-state index in [1.807, 2.05) is 11.8 Å². The van der Waals surface area contributed by atoms with Crippen molar-refractivity contribution < 1.29 is 9.59 Å². The van der Waals surface area contributed by atoms with Gasteiger partial charge in [-0.2, -0.15) is 0 Å². The average molecular weight is 268 g/mol. The second kappa shape index (κ2) is 5.90. The fraction of sp³-hybridized carbons (Fsp3) is 0.636. The summed E-state index contributed by atoms with van der Waals surface area (Å²) in [6.45, 7) is 3.48. The third-order valence-electron chi connectivity index (χ3n) is 2.80. The number of carbonyl (C=O) groups excluding carboxylic acids is 2. The largest absolute Gasteiger partial charge is 0.343 e. The van der Waals surface area contributed by atoms with Crippen LogP contribution in [0.25, 0.3) is 0 Å². The van der Waals surface area contributed by atoms with Crippen LogP contribution in [0, 0.1) is 6.92 Å². The Balaban J connectivity index is 1.72. The van der Waals surface area contributed by atoms with Crippen molar-refractivity contribution in [2.75, 3.05) is 18.4 Å². The molecule has 0 aromatic carbocycles. The van der Waals surface area contributed by atoms with E-state index in [4.69, 9.17) is 0 Å². The molecule has 2 amide bonds. The van der Waals surface area contributed by atoms with Gasteiger partial charge in [-0.15, -0.1) is 10.2 Å². The molecular weight excluding hydrogens is 252 g/mol. The van der Waals surface area contributed by atoms with E-state index in [2.05, 4.69) is 15.5 Å². The zero-order valence-corrected chi connectivity index (χ0v) is 11.1. The van der Waals surface area contributed by atoms with Crippen LogP contribution < -0.4 is 5.32 Å². The molecule has 0 spiro atoms. The van der Waals surface area contributed by atoms with Crippen LogP contribution >= 0.6 is 11.3 Å². The van der Waals surface area contributed by atoms with Crippen molar-refractivity contribution in [1.29, 1.82) is 0 Å². The Labute approximate surface area is 109 Å². The fourth-order valence-electron chi connectivity index (χ4n) is 1.87. The van der Waals surface area contributed by atoms with Crippen LogP contribution in [0.5, 0.6) is 0 Å². The molecular formula is C11H16N4O2S. The number of nitrogens with one attached hydrogen (secondary N) is 1. The Kier molecular flexibility index (Phi) is 4.24. The van der Waals surface area contributed by atoms with Gasteiger partial charge in [0.15, 0.2) is 0 Å². The smallest absolute Gasteiger partial charge is 0.226 e. The van der Waals surface area contributed by atoms with Crippen LogP contribution in [0.3, 0.4) is 0 Å². The highest BCUT2D eigenvalue weighted by Crippen LogP contribution is 2.14. The van der Waals surface area contributed by atoms with Crippen LogP contribution in [0.2, 0.25) is 0 Å². The van der Waals surface area contributed by atoms with Gasteiger partial charge in [0.2, 0.25) is 16.9 Å². The lowest BCUT2D eigenvalue weighted by Crippen LogP contribution is -2.28. The molecule has 1 saturated heterocycles. The second-order valence-electron chi connectivity index (χ2n) is 4.26.